The molecule has 5 rings (SSSR count). The van der Waals surface area contributed by atoms with Crippen LogP contribution in [-0.4, -0.2) is 39.7 Å². The van der Waals surface area contributed by atoms with Gasteiger partial charge < -0.3 is 10.2 Å². The highest BCUT2D eigenvalue weighted by Crippen LogP contribution is 2.28. The number of carbonyl (C=O) groups excluding carboxylic acids is 2. The van der Waals surface area contributed by atoms with Crippen molar-refractivity contribution in [2.24, 2.45) is 5.92 Å². The number of hydrogen-bond acceptors (Lipinski definition) is 4. The summed E-state index contributed by atoms with van der Waals surface area (Å²) in [7, 11) is 0. The zero-order chi connectivity index (χ0) is 32.1. The van der Waals surface area contributed by atoms with E-state index in [0.29, 0.717) is 23.0 Å². The van der Waals surface area contributed by atoms with Gasteiger partial charge in [-0.15, -0.1) is 0 Å². The summed E-state index contributed by atoms with van der Waals surface area (Å²) in [5, 5.41) is 20.0. The zero-order valence-electron chi connectivity index (χ0n) is 26.8. The lowest BCUT2D eigenvalue weighted by Crippen LogP contribution is -2.39. The average molecular weight is 603 g/mol. The summed E-state index contributed by atoms with van der Waals surface area (Å²) in [4.78, 5) is 28.1. The summed E-state index contributed by atoms with van der Waals surface area (Å²) in [6.07, 6.45) is 2.80. The van der Waals surface area contributed by atoms with Gasteiger partial charge in [0.05, 0.1) is 23.4 Å². The molecule has 0 saturated carbocycles. The number of rotatable bonds is 7. The third kappa shape index (κ3) is 7.79. The predicted octanol–water partition coefficient (Wildman–Crippen LogP) is 7.84. The number of hydrogen-bond donors (Lipinski definition) is 2. The number of carbonyl (C=O) groups is 2. The summed E-state index contributed by atoms with van der Waals surface area (Å²) < 4.78 is 1.77. The fourth-order valence-electron chi connectivity index (χ4n) is 5.59. The number of likely N-dealkylation sites (tertiary alicyclic amines) is 1. The predicted molar refractivity (Wildman–Crippen MR) is 179 cm³/mol. The Morgan fingerprint density at radius 3 is 2.31 bits per heavy atom. The Balaban J connectivity index is 1.15. The maximum atomic E-state index is 13.1. The minimum absolute atomic E-state index is 0.0330. The molecule has 0 bridgehead atoms. The normalized spacial score (nSPS) is 14.4. The highest BCUT2D eigenvalue weighted by molar-refractivity contribution is 5.99. The van der Waals surface area contributed by atoms with E-state index in [1.165, 1.54) is 5.56 Å². The second kappa shape index (κ2) is 13.4. The van der Waals surface area contributed by atoms with Crippen LogP contribution in [0.4, 0.5) is 16.3 Å². The zero-order valence-corrected chi connectivity index (χ0v) is 26.8. The van der Waals surface area contributed by atoms with Crippen molar-refractivity contribution in [2.75, 3.05) is 23.7 Å². The van der Waals surface area contributed by atoms with Gasteiger partial charge in [0.1, 0.15) is 5.82 Å². The molecule has 3 amide bonds. The van der Waals surface area contributed by atoms with Gasteiger partial charge in [0.2, 0.25) is 0 Å². The van der Waals surface area contributed by atoms with Gasteiger partial charge >= 0.3 is 6.03 Å². The molecule has 232 valence electrons. The van der Waals surface area contributed by atoms with Crippen molar-refractivity contribution in [3.8, 4) is 11.8 Å². The smallest absolute Gasteiger partial charge is 0.324 e. The van der Waals surface area contributed by atoms with Crippen LogP contribution in [0, 0.1) is 24.2 Å². The molecule has 0 radical (unpaired) electrons. The number of aryl methyl sites for hydroxylation is 1. The van der Waals surface area contributed by atoms with Gasteiger partial charge in [-0.05, 0) is 86.6 Å². The number of benzene rings is 3. The maximum absolute atomic E-state index is 13.1. The van der Waals surface area contributed by atoms with Crippen LogP contribution in [0.5, 0.6) is 0 Å². The molecule has 2 heterocycles. The van der Waals surface area contributed by atoms with Crippen molar-refractivity contribution in [3.63, 3.8) is 0 Å². The van der Waals surface area contributed by atoms with Crippen LogP contribution in [-0.2, 0) is 11.8 Å². The quantitative estimate of drug-likeness (QED) is 0.225. The summed E-state index contributed by atoms with van der Waals surface area (Å²) in [6.45, 7) is 11.6. The van der Waals surface area contributed by atoms with Crippen molar-refractivity contribution >= 4 is 23.4 Å². The topological polar surface area (TPSA) is 103 Å². The molecule has 1 atom stereocenters. The van der Waals surface area contributed by atoms with E-state index in [0.717, 1.165) is 54.9 Å². The Morgan fingerprint density at radius 2 is 1.67 bits per heavy atom. The molecular weight excluding hydrogens is 560 g/mol. The number of anilines is 2. The van der Waals surface area contributed by atoms with Crippen molar-refractivity contribution in [2.45, 2.75) is 65.2 Å². The van der Waals surface area contributed by atoms with E-state index in [9.17, 15) is 14.9 Å². The molecule has 0 spiro atoms. The second-order valence-corrected chi connectivity index (χ2v) is 13.1. The van der Waals surface area contributed by atoms with E-state index in [4.69, 9.17) is 5.10 Å². The fraction of sp³-hybridized carbons (Fsp3) is 0.351. The standard InChI is InChI=1S/C37H42N6O2/c1-25-9-15-32(16-10-25)43-34(23-33(41-43)37(3,4)5)40-36(45)39-31-13-11-27(12-14-31)21-28-17-19-42(20-18-28)35(44)30-8-6-7-29(22-30)26(2)24-38/h6-16,22-23,26,28H,17-21H2,1-5H3,(H2,39,40,45)/t26-/m1/s1. The van der Waals surface area contributed by atoms with Crippen molar-refractivity contribution in [1.29, 1.82) is 5.26 Å². The van der Waals surface area contributed by atoms with Crippen LogP contribution in [0.3, 0.4) is 0 Å². The number of aromatic nitrogens is 2. The van der Waals surface area contributed by atoms with Crippen molar-refractivity contribution in [1.82, 2.24) is 14.7 Å². The summed E-state index contributed by atoms with van der Waals surface area (Å²) in [6, 6.07) is 27.3. The highest BCUT2D eigenvalue weighted by atomic mass is 16.2. The molecule has 1 aliphatic rings. The molecule has 1 fully saturated rings. The molecule has 1 aliphatic heterocycles. The first-order valence-electron chi connectivity index (χ1n) is 15.6. The molecule has 8 heteroatoms. The Morgan fingerprint density at radius 1 is 0.978 bits per heavy atom. The fourth-order valence-corrected chi connectivity index (χ4v) is 5.59. The van der Waals surface area contributed by atoms with Gasteiger partial charge in [-0.3, -0.25) is 10.1 Å². The van der Waals surface area contributed by atoms with E-state index in [-0.39, 0.29) is 23.3 Å². The van der Waals surface area contributed by atoms with Crippen LogP contribution in [0.1, 0.15) is 79.2 Å². The molecule has 3 aromatic carbocycles. The Hall–Kier alpha value is -4.90. The summed E-state index contributed by atoms with van der Waals surface area (Å²) >= 11 is 0. The Bertz CT molecular complexity index is 1680. The summed E-state index contributed by atoms with van der Waals surface area (Å²) in [5.74, 6) is 0.882. The average Bonchev–Trinajstić information content (AvgIpc) is 3.46. The lowest BCUT2D eigenvalue weighted by atomic mass is 9.89. The van der Waals surface area contributed by atoms with Crippen LogP contribution in [0.25, 0.3) is 5.69 Å². The molecule has 45 heavy (non-hydrogen) atoms. The lowest BCUT2D eigenvalue weighted by molar-refractivity contribution is 0.0690. The van der Waals surface area contributed by atoms with Crippen molar-refractivity contribution < 1.29 is 9.59 Å². The van der Waals surface area contributed by atoms with E-state index in [1.54, 1.807) is 4.68 Å². The van der Waals surface area contributed by atoms with Crippen LogP contribution >= 0.6 is 0 Å². The largest absolute Gasteiger partial charge is 0.339 e. The van der Waals surface area contributed by atoms with Gasteiger partial charge in [0.15, 0.2) is 0 Å². The van der Waals surface area contributed by atoms with E-state index in [2.05, 4.69) is 49.6 Å². The van der Waals surface area contributed by atoms with Crippen LogP contribution in [0.2, 0.25) is 0 Å². The minimum atomic E-state index is -0.332. The second-order valence-electron chi connectivity index (χ2n) is 13.1. The monoisotopic (exact) mass is 602 g/mol. The molecule has 0 aliphatic carbocycles. The highest BCUT2D eigenvalue weighted by Gasteiger charge is 2.25. The van der Waals surface area contributed by atoms with E-state index in [1.807, 2.05) is 85.5 Å². The van der Waals surface area contributed by atoms with Crippen LogP contribution in [0.15, 0.2) is 78.9 Å². The molecule has 4 aromatic rings. The van der Waals surface area contributed by atoms with Gasteiger partial charge in [-0.1, -0.05) is 62.7 Å². The van der Waals surface area contributed by atoms with E-state index >= 15 is 0 Å². The van der Waals surface area contributed by atoms with E-state index < -0.39 is 0 Å². The lowest BCUT2D eigenvalue weighted by Gasteiger charge is -2.32. The first-order chi connectivity index (χ1) is 21.5. The number of piperidine rings is 1. The van der Waals surface area contributed by atoms with Gasteiger partial charge in [0.25, 0.3) is 5.91 Å². The number of nitriles is 1. The Labute approximate surface area is 266 Å². The third-order valence-corrected chi connectivity index (χ3v) is 8.46. The molecule has 0 unspecified atom stereocenters. The molecule has 1 aromatic heterocycles. The number of nitrogens with one attached hydrogen (secondary N) is 2. The summed E-state index contributed by atoms with van der Waals surface area (Å²) in [5.41, 5.74) is 6.18. The molecular formula is C37H42N6O2. The van der Waals surface area contributed by atoms with Gasteiger partial charge in [-0.25, -0.2) is 9.48 Å². The SMILES string of the molecule is Cc1ccc(-n2nc(C(C)(C)C)cc2NC(=O)Nc2ccc(CC3CCN(C(=O)c4cccc([C@H](C)C#N)c4)CC3)cc2)cc1. The third-order valence-electron chi connectivity index (χ3n) is 8.46. The van der Waals surface area contributed by atoms with Gasteiger partial charge in [0, 0.05) is 35.8 Å². The van der Waals surface area contributed by atoms with Crippen LogP contribution < -0.4 is 10.6 Å². The minimum Gasteiger partial charge on any atom is -0.339 e. The Kier molecular flexibility index (Phi) is 9.38. The van der Waals surface area contributed by atoms with Crippen molar-refractivity contribution in [3.05, 3.63) is 107 Å². The first-order valence-corrected chi connectivity index (χ1v) is 15.6. The number of nitrogens with zero attached hydrogens (tertiary/aromatic N) is 4. The molecule has 8 nitrogen and oxygen atoms in total. The first kappa shape index (κ1) is 31.5. The maximum Gasteiger partial charge on any atom is 0.324 e. The molecule has 1 saturated heterocycles. The number of amides is 3. The molecule has 2 N–H and O–H groups in total. The van der Waals surface area contributed by atoms with Gasteiger partial charge in [-0.2, -0.15) is 10.4 Å². The number of urea groups is 1.